The predicted molar refractivity (Wildman–Crippen MR) is 84.3 cm³/mol. The SMILES string of the molecule is CCNC(C)(CC(C)N(C)CC1CCOCC1)C(=O)OC. The topological polar surface area (TPSA) is 50.8 Å². The minimum Gasteiger partial charge on any atom is -0.468 e. The molecule has 2 unspecified atom stereocenters. The smallest absolute Gasteiger partial charge is 0.325 e. The Balaban J connectivity index is 2.54. The van der Waals surface area contributed by atoms with Crippen molar-refractivity contribution in [2.75, 3.05) is 40.5 Å². The van der Waals surface area contributed by atoms with Crippen LogP contribution in [0.4, 0.5) is 0 Å². The number of carbonyl (C=O) groups excluding carboxylic acids is 1. The maximum atomic E-state index is 12.1. The molecule has 0 spiro atoms. The lowest BCUT2D eigenvalue weighted by atomic mass is 9.92. The fraction of sp³-hybridized carbons (Fsp3) is 0.938. The molecule has 124 valence electrons. The lowest BCUT2D eigenvalue weighted by Crippen LogP contribution is -2.54. The van der Waals surface area contributed by atoms with Gasteiger partial charge in [-0.1, -0.05) is 6.92 Å². The molecule has 0 amide bonds. The summed E-state index contributed by atoms with van der Waals surface area (Å²) in [5.74, 6) is 0.519. The van der Waals surface area contributed by atoms with Gasteiger partial charge in [-0.2, -0.15) is 0 Å². The maximum Gasteiger partial charge on any atom is 0.325 e. The number of esters is 1. The van der Waals surface area contributed by atoms with Gasteiger partial charge in [-0.25, -0.2) is 0 Å². The molecular formula is C16H32N2O3. The molecular weight excluding hydrogens is 268 g/mol. The molecule has 5 heteroatoms. The van der Waals surface area contributed by atoms with E-state index in [1.807, 2.05) is 13.8 Å². The standard InChI is InChI=1S/C16H32N2O3/c1-6-17-16(3,15(19)20-5)11-13(2)18(4)12-14-7-9-21-10-8-14/h13-14,17H,6-12H2,1-5H3. The van der Waals surface area contributed by atoms with Gasteiger partial charge in [-0.15, -0.1) is 0 Å². The summed E-state index contributed by atoms with van der Waals surface area (Å²) in [6.45, 7) is 9.70. The molecule has 0 saturated carbocycles. The second kappa shape index (κ2) is 8.71. The normalized spacial score (nSPS) is 21.0. The Morgan fingerprint density at radius 1 is 1.48 bits per heavy atom. The van der Waals surface area contributed by atoms with E-state index in [9.17, 15) is 4.79 Å². The van der Waals surface area contributed by atoms with E-state index in [1.54, 1.807) is 0 Å². The fourth-order valence-corrected chi connectivity index (χ4v) is 3.11. The highest BCUT2D eigenvalue weighted by Crippen LogP contribution is 2.21. The molecule has 2 atom stereocenters. The summed E-state index contributed by atoms with van der Waals surface area (Å²) in [5.41, 5.74) is -0.618. The molecule has 0 aromatic heterocycles. The van der Waals surface area contributed by atoms with Crippen LogP contribution in [0.1, 0.15) is 40.0 Å². The van der Waals surface area contributed by atoms with Crippen molar-refractivity contribution in [2.24, 2.45) is 5.92 Å². The summed E-state index contributed by atoms with van der Waals surface area (Å²) < 4.78 is 10.4. The first kappa shape index (κ1) is 18.4. The van der Waals surface area contributed by atoms with E-state index in [2.05, 4.69) is 24.2 Å². The number of methoxy groups -OCH3 is 1. The number of likely N-dealkylation sites (N-methyl/N-ethyl adjacent to an activating group) is 1. The zero-order chi connectivity index (χ0) is 15.9. The average Bonchev–Trinajstić information content (AvgIpc) is 2.47. The number of rotatable bonds is 8. The van der Waals surface area contributed by atoms with E-state index in [0.717, 1.165) is 45.6 Å². The summed E-state index contributed by atoms with van der Waals surface area (Å²) in [6, 6.07) is 0.316. The number of carbonyl (C=O) groups is 1. The molecule has 21 heavy (non-hydrogen) atoms. The molecule has 1 aliphatic heterocycles. The Morgan fingerprint density at radius 2 is 2.10 bits per heavy atom. The number of hydrogen-bond acceptors (Lipinski definition) is 5. The highest BCUT2D eigenvalue weighted by Gasteiger charge is 2.36. The third kappa shape index (κ3) is 5.57. The van der Waals surface area contributed by atoms with Gasteiger partial charge in [0.15, 0.2) is 0 Å². The Morgan fingerprint density at radius 3 is 2.62 bits per heavy atom. The van der Waals surface area contributed by atoms with Gasteiger partial charge in [-0.05, 0) is 52.6 Å². The minimum absolute atomic E-state index is 0.185. The molecule has 0 radical (unpaired) electrons. The fourth-order valence-electron chi connectivity index (χ4n) is 3.11. The Kier molecular flexibility index (Phi) is 7.63. The van der Waals surface area contributed by atoms with Gasteiger partial charge in [0.2, 0.25) is 0 Å². The molecule has 1 heterocycles. The molecule has 1 rings (SSSR count). The summed E-state index contributed by atoms with van der Waals surface area (Å²) in [5, 5.41) is 3.28. The van der Waals surface area contributed by atoms with Crippen molar-refractivity contribution in [3.05, 3.63) is 0 Å². The van der Waals surface area contributed by atoms with E-state index in [-0.39, 0.29) is 5.97 Å². The van der Waals surface area contributed by atoms with Crippen molar-refractivity contribution in [1.29, 1.82) is 0 Å². The minimum atomic E-state index is -0.618. The lowest BCUT2D eigenvalue weighted by molar-refractivity contribution is -0.148. The molecule has 1 fully saturated rings. The molecule has 0 aliphatic carbocycles. The average molecular weight is 300 g/mol. The molecule has 5 nitrogen and oxygen atoms in total. The number of ether oxygens (including phenoxy) is 2. The third-order valence-corrected chi connectivity index (χ3v) is 4.55. The van der Waals surface area contributed by atoms with E-state index >= 15 is 0 Å². The van der Waals surface area contributed by atoms with Gasteiger partial charge in [0.25, 0.3) is 0 Å². The molecule has 1 aliphatic rings. The van der Waals surface area contributed by atoms with E-state index in [0.29, 0.717) is 12.0 Å². The van der Waals surface area contributed by atoms with Crippen LogP contribution < -0.4 is 5.32 Å². The first-order valence-electron chi connectivity index (χ1n) is 8.04. The van der Waals surface area contributed by atoms with Gasteiger partial charge in [-0.3, -0.25) is 4.79 Å². The maximum absolute atomic E-state index is 12.1. The van der Waals surface area contributed by atoms with Gasteiger partial charge in [0.1, 0.15) is 5.54 Å². The summed E-state index contributed by atoms with van der Waals surface area (Å²) in [7, 11) is 3.60. The van der Waals surface area contributed by atoms with Crippen LogP contribution in [0.25, 0.3) is 0 Å². The van der Waals surface area contributed by atoms with Gasteiger partial charge in [0.05, 0.1) is 7.11 Å². The summed E-state index contributed by atoms with van der Waals surface area (Å²) in [4.78, 5) is 14.4. The van der Waals surface area contributed by atoms with E-state index < -0.39 is 5.54 Å². The second-order valence-electron chi connectivity index (χ2n) is 6.40. The van der Waals surface area contributed by atoms with E-state index in [4.69, 9.17) is 9.47 Å². The van der Waals surface area contributed by atoms with Crippen LogP contribution in [0, 0.1) is 5.92 Å². The van der Waals surface area contributed by atoms with Crippen molar-refractivity contribution in [1.82, 2.24) is 10.2 Å². The Labute approximate surface area is 129 Å². The van der Waals surface area contributed by atoms with Gasteiger partial charge >= 0.3 is 5.97 Å². The molecule has 1 N–H and O–H groups in total. The van der Waals surface area contributed by atoms with Crippen molar-refractivity contribution in [3.63, 3.8) is 0 Å². The first-order chi connectivity index (χ1) is 9.92. The van der Waals surface area contributed by atoms with Crippen LogP contribution in [0.5, 0.6) is 0 Å². The van der Waals surface area contributed by atoms with E-state index in [1.165, 1.54) is 7.11 Å². The number of nitrogens with one attached hydrogen (secondary N) is 1. The second-order valence-corrected chi connectivity index (χ2v) is 6.40. The lowest BCUT2D eigenvalue weighted by Gasteiger charge is -2.36. The quantitative estimate of drug-likeness (QED) is 0.691. The van der Waals surface area contributed by atoms with Gasteiger partial charge < -0.3 is 19.7 Å². The van der Waals surface area contributed by atoms with Crippen LogP contribution >= 0.6 is 0 Å². The van der Waals surface area contributed by atoms with Crippen LogP contribution in [0.15, 0.2) is 0 Å². The predicted octanol–water partition coefficient (Wildman–Crippen LogP) is 1.66. The van der Waals surface area contributed by atoms with Crippen molar-refractivity contribution in [3.8, 4) is 0 Å². The number of nitrogens with zero attached hydrogens (tertiary/aromatic N) is 1. The van der Waals surface area contributed by atoms with Crippen molar-refractivity contribution < 1.29 is 14.3 Å². The van der Waals surface area contributed by atoms with Crippen LogP contribution in [-0.4, -0.2) is 62.9 Å². The first-order valence-corrected chi connectivity index (χ1v) is 8.04. The molecule has 1 saturated heterocycles. The Hall–Kier alpha value is -0.650. The zero-order valence-electron chi connectivity index (χ0n) is 14.3. The molecule has 0 bridgehead atoms. The molecule has 0 aromatic carbocycles. The molecule has 0 aromatic rings. The summed E-state index contributed by atoms with van der Waals surface area (Å²) in [6.07, 6.45) is 3.02. The third-order valence-electron chi connectivity index (χ3n) is 4.55. The largest absolute Gasteiger partial charge is 0.468 e. The monoisotopic (exact) mass is 300 g/mol. The van der Waals surface area contributed by atoms with Crippen LogP contribution in [0.2, 0.25) is 0 Å². The van der Waals surface area contributed by atoms with Crippen molar-refractivity contribution in [2.45, 2.75) is 51.6 Å². The van der Waals surface area contributed by atoms with Gasteiger partial charge in [0, 0.05) is 25.8 Å². The van der Waals surface area contributed by atoms with Crippen LogP contribution in [0.3, 0.4) is 0 Å². The zero-order valence-corrected chi connectivity index (χ0v) is 14.3. The van der Waals surface area contributed by atoms with Crippen molar-refractivity contribution >= 4 is 5.97 Å². The summed E-state index contributed by atoms with van der Waals surface area (Å²) >= 11 is 0. The highest BCUT2D eigenvalue weighted by molar-refractivity contribution is 5.80. The number of hydrogen-bond donors (Lipinski definition) is 1. The van der Waals surface area contributed by atoms with Crippen LogP contribution in [-0.2, 0) is 14.3 Å². The highest BCUT2D eigenvalue weighted by atomic mass is 16.5. The Bertz CT molecular complexity index is 319.